The van der Waals surface area contributed by atoms with Crippen molar-refractivity contribution in [1.29, 1.82) is 0 Å². The minimum Gasteiger partial charge on any atom is -0.493 e. The number of fused-ring (bicyclic) bond motifs is 1. The summed E-state index contributed by atoms with van der Waals surface area (Å²) in [5.41, 5.74) is 6.51. The molecule has 29 heavy (non-hydrogen) atoms. The first kappa shape index (κ1) is 21.2. The monoisotopic (exact) mass is 398 g/mol. The Bertz CT molecular complexity index is 908. The van der Waals surface area contributed by atoms with Crippen LogP contribution < -0.4 is 9.47 Å². The number of carboxylic acids is 1. The standard InChI is InChI=1S/C24H31NO4/c1-16-12-19-8-10-25(3,11-9-24(26)27)21(20(19)13-17(16)2)14-18-6-7-22(28-4)23(15-18)29-5/h6-7,12-13,15,21H,8-11,14H2,1-5H3/p+1/t21-,25-/m1/s1. The van der Waals surface area contributed by atoms with Gasteiger partial charge in [-0.05, 0) is 54.3 Å². The lowest BCUT2D eigenvalue weighted by molar-refractivity contribution is -0.940. The fourth-order valence-electron chi connectivity index (χ4n) is 4.47. The summed E-state index contributed by atoms with van der Waals surface area (Å²) in [5, 5.41) is 9.30. The lowest BCUT2D eigenvalue weighted by atomic mass is 9.84. The predicted molar refractivity (Wildman–Crippen MR) is 114 cm³/mol. The van der Waals surface area contributed by atoms with Crippen LogP contribution in [0.25, 0.3) is 0 Å². The van der Waals surface area contributed by atoms with Gasteiger partial charge in [0.25, 0.3) is 0 Å². The first-order valence-corrected chi connectivity index (χ1v) is 10.1. The molecule has 0 unspecified atom stereocenters. The molecule has 3 rings (SSSR count). The number of hydrogen-bond donors (Lipinski definition) is 1. The predicted octanol–water partition coefficient (Wildman–Crippen LogP) is 4.08. The topological polar surface area (TPSA) is 55.8 Å². The van der Waals surface area contributed by atoms with Crippen LogP contribution in [0.1, 0.15) is 40.3 Å². The number of nitrogens with zero attached hydrogens (tertiary/aromatic N) is 1. The van der Waals surface area contributed by atoms with Crippen LogP contribution >= 0.6 is 0 Å². The molecule has 0 radical (unpaired) electrons. The van der Waals surface area contributed by atoms with Crippen LogP contribution in [-0.2, 0) is 17.6 Å². The molecule has 0 saturated heterocycles. The molecule has 0 saturated carbocycles. The molecule has 1 aliphatic heterocycles. The molecule has 1 aliphatic rings. The van der Waals surface area contributed by atoms with Crippen LogP contribution in [0.5, 0.6) is 11.5 Å². The molecule has 2 aromatic carbocycles. The van der Waals surface area contributed by atoms with Gasteiger partial charge in [0.05, 0.1) is 40.8 Å². The van der Waals surface area contributed by atoms with E-state index < -0.39 is 5.97 Å². The fraction of sp³-hybridized carbons (Fsp3) is 0.458. The maximum absolute atomic E-state index is 11.3. The Hall–Kier alpha value is -2.53. The van der Waals surface area contributed by atoms with Crippen molar-refractivity contribution in [3.8, 4) is 11.5 Å². The normalized spacial score (nSPS) is 20.8. The number of aliphatic carboxylic acids is 1. The molecular formula is C24H32NO4+. The Morgan fingerprint density at radius 2 is 1.79 bits per heavy atom. The van der Waals surface area contributed by atoms with Gasteiger partial charge < -0.3 is 19.1 Å². The van der Waals surface area contributed by atoms with Crippen LogP contribution in [-0.4, -0.2) is 49.9 Å². The van der Waals surface area contributed by atoms with Crippen molar-refractivity contribution in [3.63, 3.8) is 0 Å². The maximum atomic E-state index is 11.3. The first-order valence-electron chi connectivity index (χ1n) is 10.1. The maximum Gasteiger partial charge on any atom is 0.309 e. The third-order valence-electron chi connectivity index (χ3n) is 6.47. The van der Waals surface area contributed by atoms with E-state index in [1.807, 2.05) is 12.1 Å². The van der Waals surface area contributed by atoms with E-state index in [-0.39, 0.29) is 12.5 Å². The average molecular weight is 399 g/mol. The summed E-state index contributed by atoms with van der Waals surface area (Å²) in [5.74, 6) is 0.704. The molecule has 5 nitrogen and oxygen atoms in total. The zero-order valence-corrected chi connectivity index (χ0v) is 18.1. The van der Waals surface area contributed by atoms with Gasteiger partial charge in [-0.25, -0.2) is 0 Å². The molecule has 0 aliphatic carbocycles. The van der Waals surface area contributed by atoms with Gasteiger partial charge in [-0.2, -0.15) is 0 Å². The summed E-state index contributed by atoms with van der Waals surface area (Å²) >= 11 is 0. The molecule has 1 heterocycles. The van der Waals surface area contributed by atoms with E-state index >= 15 is 0 Å². The van der Waals surface area contributed by atoms with Crippen molar-refractivity contribution in [2.45, 2.75) is 39.2 Å². The van der Waals surface area contributed by atoms with E-state index in [4.69, 9.17) is 9.47 Å². The van der Waals surface area contributed by atoms with E-state index in [2.05, 4.69) is 39.1 Å². The van der Waals surface area contributed by atoms with Gasteiger partial charge in [0.1, 0.15) is 6.04 Å². The quantitative estimate of drug-likeness (QED) is 0.714. The fourth-order valence-corrected chi connectivity index (χ4v) is 4.47. The number of carbonyl (C=O) groups is 1. The second-order valence-electron chi connectivity index (χ2n) is 8.36. The van der Waals surface area contributed by atoms with Gasteiger partial charge in [-0.1, -0.05) is 12.1 Å². The smallest absolute Gasteiger partial charge is 0.309 e. The Balaban J connectivity index is 2.02. The number of benzene rings is 2. The molecule has 0 spiro atoms. The number of methoxy groups -OCH3 is 2. The highest BCUT2D eigenvalue weighted by molar-refractivity contribution is 5.66. The van der Waals surface area contributed by atoms with Crippen molar-refractivity contribution >= 4 is 5.97 Å². The number of carboxylic acid groups (broad SMARTS) is 1. The third kappa shape index (κ3) is 4.40. The Kier molecular flexibility index (Phi) is 6.18. The molecule has 1 N–H and O–H groups in total. The SMILES string of the molecule is COc1ccc(C[C@@H]2c3cc(C)c(C)cc3CC[N@+]2(C)CCC(=O)O)cc1OC. The third-order valence-corrected chi connectivity index (χ3v) is 6.47. The van der Waals surface area contributed by atoms with Crippen LogP contribution in [0.3, 0.4) is 0 Å². The van der Waals surface area contributed by atoms with Crippen LogP contribution in [0.15, 0.2) is 30.3 Å². The lowest BCUT2D eigenvalue weighted by Gasteiger charge is -2.46. The second kappa shape index (κ2) is 8.46. The largest absolute Gasteiger partial charge is 0.493 e. The first-order chi connectivity index (χ1) is 13.8. The summed E-state index contributed by atoms with van der Waals surface area (Å²) in [4.78, 5) is 11.3. The van der Waals surface area contributed by atoms with Crippen molar-refractivity contribution < 1.29 is 23.9 Å². The number of hydrogen-bond acceptors (Lipinski definition) is 3. The van der Waals surface area contributed by atoms with Crippen LogP contribution in [0.4, 0.5) is 0 Å². The molecule has 0 aromatic heterocycles. The number of ether oxygens (including phenoxy) is 2. The van der Waals surface area contributed by atoms with Gasteiger partial charge in [0, 0.05) is 18.4 Å². The zero-order valence-electron chi connectivity index (χ0n) is 18.1. The van der Waals surface area contributed by atoms with E-state index in [9.17, 15) is 9.90 Å². The minimum absolute atomic E-state index is 0.180. The van der Waals surface area contributed by atoms with Gasteiger partial charge >= 0.3 is 5.97 Å². The van der Waals surface area contributed by atoms with Gasteiger partial charge in [0.2, 0.25) is 0 Å². The molecule has 2 aromatic rings. The van der Waals surface area contributed by atoms with Crippen LogP contribution in [0.2, 0.25) is 0 Å². The second-order valence-corrected chi connectivity index (χ2v) is 8.36. The average Bonchev–Trinajstić information content (AvgIpc) is 2.70. The minimum atomic E-state index is -0.736. The molecule has 5 heteroatoms. The molecule has 156 valence electrons. The Labute approximate surface area is 173 Å². The molecule has 0 bridgehead atoms. The summed E-state index contributed by atoms with van der Waals surface area (Å²) in [6, 6.07) is 10.9. The van der Waals surface area contributed by atoms with E-state index in [0.717, 1.165) is 35.4 Å². The summed E-state index contributed by atoms with van der Waals surface area (Å²) < 4.78 is 11.6. The molecule has 2 atom stereocenters. The summed E-state index contributed by atoms with van der Waals surface area (Å²) in [6.07, 6.45) is 1.99. The highest BCUT2D eigenvalue weighted by Gasteiger charge is 2.39. The zero-order chi connectivity index (χ0) is 21.2. The van der Waals surface area contributed by atoms with E-state index in [1.54, 1.807) is 14.2 Å². The van der Waals surface area contributed by atoms with Crippen molar-refractivity contribution in [2.24, 2.45) is 0 Å². The number of quaternary nitrogens is 1. The van der Waals surface area contributed by atoms with E-state index in [0.29, 0.717) is 6.54 Å². The summed E-state index contributed by atoms with van der Waals surface area (Å²) in [7, 11) is 5.49. The summed E-state index contributed by atoms with van der Waals surface area (Å²) in [6.45, 7) is 5.88. The van der Waals surface area contributed by atoms with E-state index in [1.165, 1.54) is 27.8 Å². The number of rotatable bonds is 7. The molecule has 0 fully saturated rings. The van der Waals surface area contributed by atoms with Gasteiger partial charge in [-0.15, -0.1) is 0 Å². The van der Waals surface area contributed by atoms with Crippen molar-refractivity contribution in [3.05, 3.63) is 58.1 Å². The highest BCUT2D eigenvalue weighted by Crippen LogP contribution is 2.40. The number of likely N-dealkylation sites (N-methyl/N-ethyl adjacent to an activating group) is 1. The highest BCUT2D eigenvalue weighted by atomic mass is 16.5. The van der Waals surface area contributed by atoms with Gasteiger partial charge in [-0.3, -0.25) is 4.79 Å². The Morgan fingerprint density at radius 3 is 2.45 bits per heavy atom. The number of aryl methyl sites for hydroxylation is 2. The van der Waals surface area contributed by atoms with Crippen LogP contribution in [0, 0.1) is 13.8 Å². The van der Waals surface area contributed by atoms with Crippen molar-refractivity contribution in [1.82, 2.24) is 0 Å². The molecule has 0 amide bonds. The van der Waals surface area contributed by atoms with Gasteiger partial charge in [0.15, 0.2) is 11.5 Å². The van der Waals surface area contributed by atoms with Crippen molar-refractivity contribution in [2.75, 3.05) is 34.4 Å². The molecular weight excluding hydrogens is 366 g/mol. The lowest BCUT2D eigenvalue weighted by Crippen LogP contribution is -2.53. The Morgan fingerprint density at radius 1 is 1.10 bits per heavy atom.